The minimum Gasteiger partial charge on any atom is -0.339 e. The lowest BCUT2D eigenvalue weighted by Gasteiger charge is -2.29. The highest BCUT2D eigenvalue weighted by Gasteiger charge is 2.36. The van der Waals surface area contributed by atoms with E-state index in [1.807, 2.05) is 32.2 Å². The second-order valence-corrected chi connectivity index (χ2v) is 11.0. The summed E-state index contributed by atoms with van der Waals surface area (Å²) in [5.74, 6) is 2.28. The number of carbonyl (C=O) groups excluding carboxylic acids is 2. The Morgan fingerprint density at radius 1 is 1.11 bits per heavy atom. The van der Waals surface area contributed by atoms with Crippen LogP contribution in [0.25, 0.3) is 11.4 Å². The molecule has 2 fully saturated rings. The number of aryl methyl sites for hydroxylation is 2. The fraction of sp³-hybridized carbons (Fsp3) is 0.643. The zero-order chi connectivity index (χ0) is 27.2. The van der Waals surface area contributed by atoms with E-state index in [0.29, 0.717) is 42.7 Å². The zero-order valence-electron chi connectivity index (χ0n) is 23.5. The minimum atomic E-state index is -0.0947. The maximum absolute atomic E-state index is 13.5. The van der Waals surface area contributed by atoms with Crippen LogP contribution in [0, 0.1) is 25.7 Å². The molecule has 208 valence electrons. The van der Waals surface area contributed by atoms with Gasteiger partial charge in [0.2, 0.25) is 17.6 Å². The third-order valence-corrected chi connectivity index (χ3v) is 7.77. The lowest BCUT2D eigenvalue weighted by molar-refractivity contribution is -0.143. The predicted molar refractivity (Wildman–Crippen MR) is 147 cm³/mol. The van der Waals surface area contributed by atoms with Crippen molar-refractivity contribution < 1.29 is 14.1 Å². The quantitative estimate of drug-likeness (QED) is 0.461. The van der Waals surface area contributed by atoms with Gasteiger partial charge in [0.05, 0.1) is 13.1 Å². The molecule has 10 nitrogen and oxygen atoms in total. The third-order valence-electron chi connectivity index (χ3n) is 7.77. The van der Waals surface area contributed by atoms with Gasteiger partial charge in [-0.3, -0.25) is 19.9 Å². The zero-order valence-corrected chi connectivity index (χ0v) is 23.5. The van der Waals surface area contributed by atoms with E-state index in [1.54, 1.807) is 16.8 Å². The van der Waals surface area contributed by atoms with Crippen LogP contribution in [-0.4, -0.2) is 84.3 Å². The van der Waals surface area contributed by atoms with E-state index >= 15 is 0 Å². The molecule has 1 saturated carbocycles. The van der Waals surface area contributed by atoms with Crippen molar-refractivity contribution >= 4 is 17.5 Å². The Kier molecular flexibility index (Phi) is 9.51. The third kappa shape index (κ3) is 6.98. The van der Waals surface area contributed by atoms with E-state index in [-0.39, 0.29) is 24.9 Å². The first-order valence-electron chi connectivity index (χ1n) is 13.9. The number of amides is 2. The Balaban J connectivity index is 1.38. The first kappa shape index (κ1) is 28.2. The molecule has 0 unspecified atom stereocenters. The van der Waals surface area contributed by atoms with Gasteiger partial charge in [-0.25, -0.2) is 5.01 Å². The average molecular weight is 526 g/mol. The van der Waals surface area contributed by atoms with Crippen LogP contribution in [0.4, 0.5) is 5.69 Å². The van der Waals surface area contributed by atoms with Crippen molar-refractivity contribution in [2.75, 3.05) is 51.2 Å². The summed E-state index contributed by atoms with van der Waals surface area (Å²) < 4.78 is 5.15. The highest BCUT2D eigenvalue weighted by Crippen LogP contribution is 2.36. The second kappa shape index (κ2) is 12.8. The summed E-state index contributed by atoms with van der Waals surface area (Å²) >= 11 is 0. The molecule has 1 aromatic heterocycles. The van der Waals surface area contributed by atoms with Gasteiger partial charge in [0, 0.05) is 57.4 Å². The largest absolute Gasteiger partial charge is 0.339 e. The molecule has 1 aliphatic carbocycles. The van der Waals surface area contributed by atoms with Crippen LogP contribution < -0.4 is 15.5 Å². The number of hydrogen-bond acceptors (Lipinski definition) is 8. The Labute approximate surface area is 226 Å². The summed E-state index contributed by atoms with van der Waals surface area (Å²) in [6, 6.07) is 6.13. The van der Waals surface area contributed by atoms with Gasteiger partial charge < -0.3 is 14.7 Å². The molecule has 2 aliphatic rings. The number of likely N-dealkylation sites (N-methyl/N-ethyl adjacent to an activating group) is 1. The number of hydrogen-bond donors (Lipinski definition) is 2. The molecular weight excluding hydrogens is 482 g/mol. The average Bonchev–Trinajstić information content (AvgIpc) is 3.52. The summed E-state index contributed by atoms with van der Waals surface area (Å²) in [4.78, 5) is 32.5. The van der Waals surface area contributed by atoms with Gasteiger partial charge in [0.1, 0.15) is 0 Å². The normalized spacial score (nSPS) is 19.5. The summed E-state index contributed by atoms with van der Waals surface area (Å²) in [5, 5.41) is 14.5. The highest BCUT2D eigenvalue weighted by atomic mass is 16.5. The molecule has 1 saturated heterocycles. The first-order valence-corrected chi connectivity index (χ1v) is 13.9. The van der Waals surface area contributed by atoms with Gasteiger partial charge in [0.25, 0.3) is 5.91 Å². The number of hydrazine groups is 1. The number of nitrogens with zero attached hydrogens (tertiary/aromatic N) is 5. The van der Waals surface area contributed by atoms with Crippen molar-refractivity contribution in [1.82, 2.24) is 30.8 Å². The monoisotopic (exact) mass is 525 g/mol. The van der Waals surface area contributed by atoms with Crippen LogP contribution in [0.15, 0.2) is 22.7 Å². The first-order chi connectivity index (χ1) is 18.2. The van der Waals surface area contributed by atoms with E-state index < -0.39 is 0 Å². The van der Waals surface area contributed by atoms with E-state index in [9.17, 15) is 9.59 Å². The molecular formula is C28H43N7O3. The van der Waals surface area contributed by atoms with Crippen LogP contribution in [0.1, 0.15) is 51.0 Å². The molecule has 1 aliphatic heterocycles. The number of benzene rings is 1. The van der Waals surface area contributed by atoms with Crippen LogP contribution in [0.3, 0.4) is 0 Å². The van der Waals surface area contributed by atoms with Crippen molar-refractivity contribution in [3.8, 4) is 11.4 Å². The predicted octanol–water partition coefficient (Wildman–Crippen LogP) is 2.77. The van der Waals surface area contributed by atoms with Crippen LogP contribution in [0.5, 0.6) is 0 Å². The fourth-order valence-electron chi connectivity index (χ4n) is 5.57. The van der Waals surface area contributed by atoms with E-state index in [4.69, 9.17) is 4.52 Å². The maximum atomic E-state index is 13.5. The van der Waals surface area contributed by atoms with Crippen molar-refractivity contribution in [3.05, 3.63) is 29.7 Å². The Bertz CT molecular complexity index is 1090. The van der Waals surface area contributed by atoms with Crippen molar-refractivity contribution in [2.45, 2.75) is 59.4 Å². The topological polar surface area (TPSA) is 107 Å². The van der Waals surface area contributed by atoms with Crippen molar-refractivity contribution in [2.24, 2.45) is 11.8 Å². The second-order valence-electron chi connectivity index (χ2n) is 11.0. The number of aromatic nitrogens is 2. The summed E-state index contributed by atoms with van der Waals surface area (Å²) in [6.45, 7) is 11.1. The summed E-state index contributed by atoms with van der Waals surface area (Å²) in [5.41, 5.74) is 2.55. The molecule has 0 spiro atoms. The SMILES string of the molecule is Cc1nc(-c2ccc(C)c(N(CCNC(C)C)C(=O)CNCC(=O)N(C)N3C[C@H]4CCCC[C@H]4C3)c2)no1. The van der Waals surface area contributed by atoms with Crippen LogP contribution >= 0.6 is 0 Å². The molecule has 10 heteroatoms. The van der Waals surface area contributed by atoms with Gasteiger partial charge in [-0.15, -0.1) is 0 Å². The number of fused-ring (bicyclic) bond motifs is 1. The van der Waals surface area contributed by atoms with E-state index in [0.717, 1.165) is 29.9 Å². The molecule has 1 aromatic carbocycles. The van der Waals surface area contributed by atoms with Crippen molar-refractivity contribution in [3.63, 3.8) is 0 Å². The van der Waals surface area contributed by atoms with Crippen LogP contribution in [-0.2, 0) is 9.59 Å². The number of carbonyl (C=O) groups is 2. The molecule has 2 aromatic rings. The van der Waals surface area contributed by atoms with Gasteiger partial charge in [-0.1, -0.05) is 44.0 Å². The van der Waals surface area contributed by atoms with Crippen LogP contribution in [0.2, 0.25) is 0 Å². The molecule has 2 heterocycles. The Morgan fingerprint density at radius 3 is 2.42 bits per heavy atom. The van der Waals surface area contributed by atoms with Gasteiger partial charge in [0.15, 0.2) is 0 Å². The molecule has 2 N–H and O–H groups in total. The molecule has 2 atom stereocenters. The maximum Gasteiger partial charge on any atom is 0.250 e. The lowest BCUT2D eigenvalue weighted by Crippen LogP contribution is -2.48. The summed E-state index contributed by atoms with van der Waals surface area (Å²) in [7, 11) is 1.85. The van der Waals surface area contributed by atoms with E-state index in [2.05, 4.69) is 39.6 Å². The molecule has 2 amide bonds. The lowest BCUT2D eigenvalue weighted by atomic mass is 9.82. The fourth-order valence-corrected chi connectivity index (χ4v) is 5.57. The standard InChI is InChI=1S/C28H43N7O3/c1-19(2)30-12-13-35(25-14-22(11-10-20(25)3)28-31-21(4)38-32-28)27(37)16-29-15-26(36)33(5)34-17-23-8-6-7-9-24(23)18-34/h10-11,14,19,23-24,29-30H,6-9,12-13,15-18H2,1-5H3/t23-,24+. The molecule has 0 radical (unpaired) electrons. The van der Waals surface area contributed by atoms with Gasteiger partial charge in [-0.2, -0.15) is 4.98 Å². The number of rotatable bonds is 11. The molecule has 4 rings (SSSR count). The van der Waals surface area contributed by atoms with Crippen molar-refractivity contribution in [1.29, 1.82) is 0 Å². The Morgan fingerprint density at radius 2 is 1.79 bits per heavy atom. The minimum absolute atomic E-state index is 0.0184. The van der Waals surface area contributed by atoms with Gasteiger partial charge in [-0.05, 0) is 43.2 Å². The smallest absolute Gasteiger partial charge is 0.250 e. The highest BCUT2D eigenvalue weighted by molar-refractivity contribution is 5.96. The molecule has 38 heavy (non-hydrogen) atoms. The van der Waals surface area contributed by atoms with Gasteiger partial charge >= 0.3 is 0 Å². The van der Waals surface area contributed by atoms with E-state index in [1.165, 1.54) is 25.7 Å². The Hall–Kier alpha value is -2.82. The number of anilines is 1. The number of nitrogens with one attached hydrogen (secondary N) is 2. The summed E-state index contributed by atoms with van der Waals surface area (Å²) in [6.07, 6.45) is 5.14. The molecule has 0 bridgehead atoms.